The minimum atomic E-state index is -1.18. The lowest BCUT2D eigenvalue weighted by molar-refractivity contribution is -0.385. The summed E-state index contributed by atoms with van der Waals surface area (Å²) in [6.07, 6.45) is 0. The Labute approximate surface area is 124 Å². The second kappa shape index (κ2) is 5.80. The van der Waals surface area contributed by atoms with Gasteiger partial charge < -0.3 is 9.84 Å². The van der Waals surface area contributed by atoms with Crippen molar-refractivity contribution >= 4 is 23.3 Å². The van der Waals surface area contributed by atoms with Crippen LogP contribution in [0.25, 0.3) is 0 Å². The molecular formula is C14H10ClNO5. The SMILES string of the molecule is Cc1c(Oc2ccc(Cl)c(C(=O)O)c2)cccc1[N+](=O)[O-]. The topological polar surface area (TPSA) is 89.7 Å². The number of benzene rings is 2. The molecule has 0 unspecified atom stereocenters. The van der Waals surface area contributed by atoms with E-state index in [0.29, 0.717) is 5.56 Å². The van der Waals surface area contributed by atoms with E-state index in [1.54, 1.807) is 13.0 Å². The van der Waals surface area contributed by atoms with Gasteiger partial charge in [-0.2, -0.15) is 0 Å². The largest absolute Gasteiger partial charge is 0.478 e. The van der Waals surface area contributed by atoms with Gasteiger partial charge >= 0.3 is 5.97 Å². The molecule has 0 aliphatic rings. The predicted molar refractivity (Wildman–Crippen MR) is 76.3 cm³/mol. The van der Waals surface area contributed by atoms with Gasteiger partial charge in [0.2, 0.25) is 0 Å². The van der Waals surface area contributed by atoms with Crippen LogP contribution in [0.4, 0.5) is 5.69 Å². The van der Waals surface area contributed by atoms with Crippen LogP contribution in [-0.4, -0.2) is 16.0 Å². The first kappa shape index (κ1) is 14.8. The fraction of sp³-hybridized carbons (Fsp3) is 0.0714. The Balaban J connectivity index is 2.39. The van der Waals surface area contributed by atoms with Gasteiger partial charge in [0.05, 0.1) is 21.1 Å². The Morgan fingerprint density at radius 3 is 2.67 bits per heavy atom. The first-order valence-corrected chi connectivity index (χ1v) is 6.22. The van der Waals surface area contributed by atoms with E-state index in [1.165, 1.54) is 30.3 Å². The zero-order chi connectivity index (χ0) is 15.6. The maximum absolute atomic E-state index is 11.0. The van der Waals surface area contributed by atoms with Crippen LogP contribution in [0.1, 0.15) is 15.9 Å². The average Bonchev–Trinajstić information content (AvgIpc) is 2.42. The van der Waals surface area contributed by atoms with Crippen LogP contribution in [0.2, 0.25) is 5.02 Å². The number of hydrogen-bond acceptors (Lipinski definition) is 4. The lowest BCUT2D eigenvalue weighted by Crippen LogP contribution is -1.99. The number of aromatic carboxylic acids is 1. The van der Waals surface area contributed by atoms with E-state index in [-0.39, 0.29) is 27.8 Å². The number of carboxylic acids is 1. The summed E-state index contributed by atoms with van der Waals surface area (Å²) in [6, 6.07) is 8.58. The van der Waals surface area contributed by atoms with Crippen molar-refractivity contribution in [3.63, 3.8) is 0 Å². The lowest BCUT2D eigenvalue weighted by atomic mass is 10.2. The lowest BCUT2D eigenvalue weighted by Gasteiger charge is -2.10. The average molecular weight is 308 g/mol. The molecule has 0 saturated heterocycles. The Bertz CT molecular complexity index is 729. The van der Waals surface area contributed by atoms with E-state index < -0.39 is 10.9 Å². The van der Waals surface area contributed by atoms with Crippen molar-refractivity contribution in [3.05, 3.63) is 62.7 Å². The number of nitro groups is 1. The number of hydrogen-bond donors (Lipinski definition) is 1. The summed E-state index contributed by atoms with van der Waals surface area (Å²) in [4.78, 5) is 21.4. The number of rotatable bonds is 4. The van der Waals surface area contributed by atoms with Crippen LogP contribution in [0.5, 0.6) is 11.5 Å². The molecule has 2 rings (SSSR count). The number of nitrogens with zero attached hydrogens (tertiary/aromatic N) is 1. The van der Waals surface area contributed by atoms with E-state index in [2.05, 4.69) is 0 Å². The standard InChI is InChI=1S/C14H10ClNO5/c1-8-12(16(19)20)3-2-4-13(8)21-9-5-6-11(15)10(7-9)14(17)18/h2-7H,1H3,(H,17,18). The summed E-state index contributed by atoms with van der Waals surface area (Å²) in [6.45, 7) is 1.56. The summed E-state index contributed by atoms with van der Waals surface area (Å²) in [5.74, 6) is -0.663. The summed E-state index contributed by atoms with van der Waals surface area (Å²) in [5.41, 5.74) is 0.187. The van der Waals surface area contributed by atoms with E-state index in [0.717, 1.165) is 0 Å². The second-order valence-corrected chi connectivity index (χ2v) is 4.61. The number of carbonyl (C=O) groups is 1. The number of halogens is 1. The smallest absolute Gasteiger partial charge is 0.337 e. The quantitative estimate of drug-likeness (QED) is 0.680. The molecule has 0 atom stereocenters. The summed E-state index contributed by atoms with van der Waals surface area (Å²) >= 11 is 5.77. The third-order valence-corrected chi connectivity index (χ3v) is 3.18. The van der Waals surface area contributed by atoms with Gasteiger partial charge in [-0.15, -0.1) is 0 Å². The minimum Gasteiger partial charge on any atom is -0.478 e. The van der Waals surface area contributed by atoms with Crippen LogP contribution in [0.3, 0.4) is 0 Å². The molecule has 0 amide bonds. The molecule has 0 heterocycles. The molecule has 0 aliphatic heterocycles. The van der Waals surface area contributed by atoms with Crippen LogP contribution in [-0.2, 0) is 0 Å². The van der Waals surface area contributed by atoms with E-state index >= 15 is 0 Å². The summed E-state index contributed by atoms with van der Waals surface area (Å²) < 4.78 is 5.52. The highest BCUT2D eigenvalue weighted by Crippen LogP contribution is 2.32. The van der Waals surface area contributed by atoms with Crippen molar-refractivity contribution in [2.24, 2.45) is 0 Å². The maximum Gasteiger partial charge on any atom is 0.337 e. The number of nitro benzene ring substituents is 1. The van der Waals surface area contributed by atoms with E-state index in [9.17, 15) is 14.9 Å². The predicted octanol–water partition coefficient (Wildman–Crippen LogP) is 4.05. The van der Waals surface area contributed by atoms with Gasteiger partial charge in [-0.05, 0) is 31.2 Å². The number of ether oxygens (including phenoxy) is 1. The first-order chi connectivity index (χ1) is 9.90. The molecule has 108 valence electrons. The van der Waals surface area contributed by atoms with Crippen LogP contribution >= 0.6 is 11.6 Å². The maximum atomic E-state index is 11.0. The third kappa shape index (κ3) is 3.11. The Kier molecular flexibility index (Phi) is 4.09. The van der Waals surface area contributed by atoms with Gasteiger partial charge in [-0.1, -0.05) is 17.7 Å². The molecule has 0 aromatic heterocycles. The molecule has 1 N–H and O–H groups in total. The van der Waals surface area contributed by atoms with Crippen molar-refractivity contribution < 1.29 is 19.6 Å². The van der Waals surface area contributed by atoms with Crippen molar-refractivity contribution in [1.82, 2.24) is 0 Å². The fourth-order valence-electron chi connectivity index (χ4n) is 1.77. The molecule has 0 aliphatic carbocycles. The molecular weight excluding hydrogens is 298 g/mol. The summed E-state index contributed by atoms with van der Waals surface area (Å²) in [7, 11) is 0. The molecule has 21 heavy (non-hydrogen) atoms. The van der Waals surface area contributed by atoms with Crippen LogP contribution in [0, 0.1) is 17.0 Å². The van der Waals surface area contributed by atoms with Gasteiger partial charge in [-0.3, -0.25) is 10.1 Å². The second-order valence-electron chi connectivity index (χ2n) is 4.21. The minimum absolute atomic E-state index is 0.0695. The van der Waals surface area contributed by atoms with Crippen LogP contribution in [0.15, 0.2) is 36.4 Å². The highest BCUT2D eigenvalue weighted by molar-refractivity contribution is 6.33. The zero-order valence-electron chi connectivity index (χ0n) is 10.9. The van der Waals surface area contributed by atoms with Crippen molar-refractivity contribution in [2.45, 2.75) is 6.92 Å². The fourth-order valence-corrected chi connectivity index (χ4v) is 1.97. The van der Waals surface area contributed by atoms with Gasteiger partial charge in [-0.25, -0.2) is 4.79 Å². The third-order valence-electron chi connectivity index (χ3n) is 2.85. The first-order valence-electron chi connectivity index (χ1n) is 5.85. The van der Waals surface area contributed by atoms with Gasteiger partial charge in [0, 0.05) is 6.07 Å². The van der Waals surface area contributed by atoms with Crippen molar-refractivity contribution in [2.75, 3.05) is 0 Å². The van der Waals surface area contributed by atoms with Gasteiger partial charge in [0.1, 0.15) is 11.5 Å². The summed E-state index contributed by atoms with van der Waals surface area (Å²) in [5, 5.41) is 20.0. The normalized spacial score (nSPS) is 10.2. The van der Waals surface area contributed by atoms with Gasteiger partial charge in [0.25, 0.3) is 5.69 Å². The molecule has 7 heteroatoms. The molecule has 6 nitrogen and oxygen atoms in total. The number of carboxylic acid groups (broad SMARTS) is 1. The Morgan fingerprint density at radius 2 is 2.05 bits per heavy atom. The molecule has 2 aromatic rings. The molecule has 0 radical (unpaired) electrons. The van der Waals surface area contributed by atoms with E-state index in [4.69, 9.17) is 21.4 Å². The highest BCUT2D eigenvalue weighted by atomic mass is 35.5. The van der Waals surface area contributed by atoms with Crippen molar-refractivity contribution in [3.8, 4) is 11.5 Å². The molecule has 2 aromatic carbocycles. The monoisotopic (exact) mass is 307 g/mol. The molecule has 0 fully saturated rings. The molecule has 0 spiro atoms. The van der Waals surface area contributed by atoms with Crippen molar-refractivity contribution in [1.29, 1.82) is 0 Å². The van der Waals surface area contributed by atoms with Gasteiger partial charge in [0.15, 0.2) is 0 Å². The Hall–Kier alpha value is -2.60. The van der Waals surface area contributed by atoms with E-state index in [1.807, 2.05) is 0 Å². The molecule has 0 bridgehead atoms. The Morgan fingerprint density at radius 1 is 1.33 bits per heavy atom. The molecule has 0 saturated carbocycles. The highest BCUT2D eigenvalue weighted by Gasteiger charge is 2.16. The zero-order valence-corrected chi connectivity index (χ0v) is 11.6. The van der Waals surface area contributed by atoms with Crippen LogP contribution < -0.4 is 4.74 Å².